The van der Waals surface area contributed by atoms with Crippen LogP contribution >= 0.6 is 11.8 Å². The van der Waals surface area contributed by atoms with Gasteiger partial charge in [0, 0.05) is 46.2 Å². The van der Waals surface area contributed by atoms with Crippen LogP contribution in [0.2, 0.25) is 0 Å². The molecule has 1 heterocycles. The molecule has 0 spiro atoms. The zero-order valence-corrected chi connectivity index (χ0v) is 20.2. The van der Waals surface area contributed by atoms with E-state index in [2.05, 4.69) is 10.6 Å². The molecule has 0 unspecified atom stereocenters. The number of thioether (sulfide) groups is 1. The summed E-state index contributed by atoms with van der Waals surface area (Å²) < 4.78 is 15.9. The zero-order valence-electron chi connectivity index (χ0n) is 19.4. The lowest BCUT2D eigenvalue weighted by atomic mass is 10.1. The molecule has 0 aliphatic heterocycles. The third-order valence-corrected chi connectivity index (χ3v) is 6.97. The van der Waals surface area contributed by atoms with Gasteiger partial charge in [-0.1, -0.05) is 66.7 Å². The van der Waals surface area contributed by atoms with Gasteiger partial charge in [0.2, 0.25) is 5.91 Å². The first-order valence-corrected chi connectivity index (χ1v) is 12.6. The van der Waals surface area contributed by atoms with Gasteiger partial charge in [0.25, 0.3) is 5.91 Å². The van der Waals surface area contributed by atoms with E-state index in [-0.39, 0.29) is 17.2 Å². The summed E-state index contributed by atoms with van der Waals surface area (Å²) in [5.74, 6) is -0.794. The molecule has 0 saturated carbocycles. The number of benzene rings is 4. The molecule has 0 bridgehead atoms. The molecule has 2 N–H and O–H groups in total. The van der Waals surface area contributed by atoms with E-state index in [1.807, 2.05) is 77.5 Å². The molecule has 4 aromatic carbocycles. The van der Waals surface area contributed by atoms with Gasteiger partial charge in [0.1, 0.15) is 5.82 Å². The summed E-state index contributed by atoms with van der Waals surface area (Å²) in [5.41, 5.74) is 1.84. The van der Waals surface area contributed by atoms with Crippen LogP contribution in [-0.2, 0) is 11.3 Å². The molecule has 5 rings (SSSR count). The number of anilines is 1. The quantitative estimate of drug-likeness (QED) is 0.255. The molecule has 5 aromatic rings. The number of carbonyl (C=O) groups excluding carboxylic acids is 2. The summed E-state index contributed by atoms with van der Waals surface area (Å²) >= 11 is 1.47. The van der Waals surface area contributed by atoms with Crippen molar-refractivity contribution in [2.45, 2.75) is 11.4 Å². The minimum absolute atomic E-state index is 0.0308. The number of hydrogen-bond donors (Lipinski definition) is 2. The summed E-state index contributed by atoms with van der Waals surface area (Å²) in [6.45, 7) is 0.862. The monoisotopic (exact) mass is 497 g/mol. The van der Waals surface area contributed by atoms with E-state index in [1.165, 1.54) is 23.9 Å². The van der Waals surface area contributed by atoms with E-state index < -0.39 is 11.7 Å². The number of rotatable bonds is 8. The second-order valence-electron chi connectivity index (χ2n) is 8.30. The van der Waals surface area contributed by atoms with Crippen molar-refractivity contribution in [3.63, 3.8) is 0 Å². The lowest BCUT2D eigenvalue weighted by Gasteiger charge is -2.08. The van der Waals surface area contributed by atoms with E-state index in [4.69, 9.17) is 0 Å². The van der Waals surface area contributed by atoms with E-state index in [0.717, 1.165) is 32.3 Å². The molecule has 0 atom stereocenters. The van der Waals surface area contributed by atoms with Crippen LogP contribution in [0.4, 0.5) is 10.1 Å². The van der Waals surface area contributed by atoms with Crippen molar-refractivity contribution in [3.8, 4) is 0 Å². The highest BCUT2D eigenvalue weighted by Gasteiger charge is 2.13. The summed E-state index contributed by atoms with van der Waals surface area (Å²) in [6, 6.07) is 27.7. The molecule has 0 saturated heterocycles. The Kier molecular flexibility index (Phi) is 7.00. The van der Waals surface area contributed by atoms with Gasteiger partial charge in [-0.3, -0.25) is 9.59 Å². The van der Waals surface area contributed by atoms with Gasteiger partial charge in [-0.05, 0) is 29.7 Å². The first-order chi connectivity index (χ1) is 17.6. The van der Waals surface area contributed by atoms with Crippen molar-refractivity contribution in [2.75, 3.05) is 17.6 Å². The second kappa shape index (κ2) is 10.7. The Hall–Kier alpha value is -4.10. The number of fused-ring (bicyclic) bond motifs is 2. The lowest BCUT2D eigenvalue weighted by molar-refractivity contribution is -0.113. The Balaban J connectivity index is 1.24. The van der Waals surface area contributed by atoms with Gasteiger partial charge >= 0.3 is 0 Å². The largest absolute Gasteiger partial charge is 0.350 e. The van der Waals surface area contributed by atoms with Crippen LogP contribution in [0.15, 0.2) is 102 Å². The fourth-order valence-corrected chi connectivity index (χ4v) is 5.10. The van der Waals surface area contributed by atoms with Gasteiger partial charge < -0.3 is 15.2 Å². The highest BCUT2D eigenvalue weighted by Crippen LogP contribution is 2.30. The molecular weight excluding hydrogens is 473 g/mol. The van der Waals surface area contributed by atoms with E-state index in [1.54, 1.807) is 12.1 Å². The highest BCUT2D eigenvalue weighted by molar-refractivity contribution is 8.00. The maximum atomic E-state index is 13.9. The first kappa shape index (κ1) is 23.6. The van der Waals surface area contributed by atoms with Crippen molar-refractivity contribution in [1.82, 2.24) is 9.88 Å². The Bertz CT molecular complexity index is 1560. The standard InChI is InChI=1S/C29H24FN3O2S/c30-24-13-5-3-11-22(24)29(35)31-16-17-33-18-27(23-12-4-6-15-26(23)33)36-19-28(34)32-25-14-7-9-20-8-1-2-10-21(20)25/h1-15,18H,16-17,19H2,(H,31,35)(H,32,34). The van der Waals surface area contributed by atoms with Crippen molar-refractivity contribution in [3.05, 3.63) is 109 Å². The van der Waals surface area contributed by atoms with E-state index >= 15 is 0 Å². The minimum atomic E-state index is -0.540. The van der Waals surface area contributed by atoms with Gasteiger partial charge in [0.05, 0.1) is 11.3 Å². The normalized spacial score (nSPS) is 11.0. The Morgan fingerprint density at radius 2 is 1.56 bits per heavy atom. The van der Waals surface area contributed by atoms with Crippen LogP contribution < -0.4 is 10.6 Å². The minimum Gasteiger partial charge on any atom is -0.350 e. The van der Waals surface area contributed by atoms with Crippen LogP contribution in [0, 0.1) is 5.82 Å². The molecule has 2 amide bonds. The predicted octanol–water partition coefficient (Wildman–Crippen LogP) is 6.09. The zero-order chi connectivity index (χ0) is 24.9. The average Bonchev–Trinajstić information content (AvgIpc) is 3.25. The fraction of sp³-hybridized carbons (Fsp3) is 0.103. The summed E-state index contributed by atoms with van der Waals surface area (Å²) in [4.78, 5) is 26.1. The van der Waals surface area contributed by atoms with Crippen LogP contribution in [0.3, 0.4) is 0 Å². The number of nitrogens with zero attached hydrogens (tertiary/aromatic N) is 1. The molecule has 0 radical (unpaired) electrons. The molecule has 5 nitrogen and oxygen atoms in total. The lowest BCUT2D eigenvalue weighted by Crippen LogP contribution is -2.27. The maximum Gasteiger partial charge on any atom is 0.254 e. The van der Waals surface area contributed by atoms with E-state index in [0.29, 0.717) is 13.1 Å². The number of hydrogen-bond acceptors (Lipinski definition) is 3. The van der Waals surface area contributed by atoms with Crippen LogP contribution in [0.25, 0.3) is 21.7 Å². The fourth-order valence-electron chi connectivity index (χ4n) is 4.21. The molecule has 0 fully saturated rings. The third-order valence-electron chi connectivity index (χ3n) is 5.93. The van der Waals surface area contributed by atoms with Gasteiger partial charge in [0.15, 0.2) is 0 Å². The maximum absolute atomic E-state index is 13.9. The van der Waals surface area contributed by atoms with Crippen LogP contribution in [-0.4, -0.2) is 28.7 Å². The topological polar surface area (TPSA) is 63.1 Å². The summed E-state index contributed by atoms with van der Waals surface area (Å²) in [5, 5.41) is 8.94. The summed E-state index contributed by atoms with van der Waals surface area (Å²) in [7, 11) is 0. The van der Waals surface area contributed by atoms with Crippen LogP contribution in [0.1, 0.15) is 10.4 Å². The number of nitrogens with one attached hydrogen (secondary N) is 2. The number of carbonyl (C=O) groups is 2. The first-order valence-electron chi connectivity index (χ1n) is 11.6. The Morgan fingerprint density at radius 1 is 0.833 bits per heavy atom. The Morgan fingerprint density at radius 3 is 2.42 bits per heavy atom. The highest BCUT2D eigenvalue weighted by atomic mass is 32.2. The van der Waals surface area contributed by atoms with Crippen molar-refractivity contribution < 1.29 is 14.0 Å². The molecule has 0 aliphatic carbocycles. The van der Waals surface area contributed by atoms with Gasteiger partial charge in [-0.25, -0.2) is 4.39 Å². The number of amides is 2. The number of halogens is 1. The average molecular weight is 498 g/mol. The third kappa shape index (κ3) is 5.11. The van der Waals surface area contributed by atoms with E-state index in [9.17, 15) is 14.0 Å². The molecule has 7 heteroatoms. The Labute approximate surface area is 212 Å². The van der Waals surface area contributed by atoms with Crippen molar-refractivity contribution in [1.29, 1.82) is 0 Å². The van der Waals surface area contributed by atoms with Crippen molar-refractivity contribution >= 4 is 50.9 Å². The van der Waals surface area contributed by atoms with Crippen molar-refractivity contribution in [2.24, 2.45) is 0 Å². The number of para-hydroxylation sites is 1. The smallest absolute Gasteiger partial charge is 0.254 e. The predicted molar refractivity (Wildman–Crippen MR) is 144 cm³/mol. The second-order valence-corrected chi connectivity index (χ2v) is 9.32. The molecule has 180 valence electrons. The van der Waals surface area contributed by atoms with Crippen LogP contribution in [0.5, 0.6) is 0 Å². The SMILES string of the molecule is O=C(CSc1cn(CCNC(=O)c2ccccc2F)c2ccccc12)Nc1cccc2ccccc12. The molecular formula is C29H24FN3O2S. The number of aromatic nitrogens is 1. The molecule has 1 aromatic heterocycles. The molecule has 36 heavy (non-hydrogen) atoms. The summed E-state index contributed by atoms with van der Waals surface area (Å²) in [6.07, 6.45) is 2.00. The van der Waals surface area contributed by atoms with Gasteiger partial charge in [-0.15, -0.1) is 11.8 Å². The molecule has 0 aliphatic rings. The van der Waals surface area contributed by atoms with Gasteiger partial charge in [-0.2, -0.15) is 0 Å².